The fraction of sp³-hybridized carbons (Fsp3) is 0.370. The molecule has 0 unspecified atom stereocenters. The number of carboxylic acids is 3. The first-order valence-electron chi connectivity index (χ1n) is 12.7. The van der Waals surface area contributed by atoms with Gasteiger partial charge in [0.2, 0.25) is 0 Å². The Balaban J connectivity index is -0.000000566. The molecule has 15 N–H and O–H groups in total. The summed E-state index contributed by atoms with van der Waals surface area (Å²) in [4.78, 5) is 30.1. The number of benzene rings is 2. The van der Waals surface area contributed by atoms with Gasteiger partial charge in [-0.2, -0.15) is 0 Å². The Hall–Kier alpha value is -4.09. The summed E-state index contributed by atoms with van der Waals surface area (Å²) < 4.78 is 0. The van der Waals surface area contributed by atoms with Crippen molar-refractivity contribution in [3.05, 3.63) is 54.1 Å². The molecule has 48 heavy (non-hydrogen) atoms. The maximum Gasteiger partial charge on any atom is 2.00 e. The van der Waals surface area contributed by atoms with Gasteiger partial charge in [0.15, 0.2) is 11.5 Å². The zero-order valence-corrected chi connectivity index (χ0v) is 25.2. The third kappa shape index (κ3) is 19.5. The second-order valence-electron chi connectivity index (χ2n) is 8.93. The maximum atomic E-state index is 10.1. The number of phenolic OH excluding ortho intramolecular Hbond substituents is 4. The van der Waals surface area contributed by atoms with Crippen LogP contribution in [0.4, 0.5) is 0 Å². The topological polar surface area (TPSA) is 401 Å². The quantitative estimate of drug-likeness (QED) is 0.0415. The van der Waals surface area contributed by atoms with Crippen LogP contribution in [-0.2, 0) is 31.5 Å². The fourth-order valence-electron chi connectivity index (χ4n) is 2.59. The molecule has 1 radical (unpaired) electrons. The molecule has 0 amide bonds. The van der Waals surface area contributed by atoms with E-state index in [1.165, 1.54) is 48.5 Å². The van der Waals surface area contributed by atoms with E-state index in [1.807, 2.05) is 0 Å². The Kier molecular flexibility index (Phi) is 25.2. The van der Waals surface area contributed by atoms with Crippen LogP contribution in [0.1, 0.15) is 5.56 Å². The van der Waals surface area contributed by atoms with E-state index in [9.17, 15) is 24.6 Å². The van der Waals surface area contributed by atoms with Crippen molar-refractivity contribution in [3.8, 4) is 23.0 Å². The third-order valence-corrected chi connectivity index (χ3v) is 5.26. The number of carbonyl (C=O) groups is 3. The summed E-state index contributed by atoms with van der Waals surface area (Å²) in [5.74, 6) is -5.17. The molecule has 0 heterocycles. The number of aliphatic carboxylic acids is 3. The standard InChI is InChI=1S/C9H8O4.2C6H12O7.C6H6O2.Cu/c10-7-3-1-6(5-8(7)11)2-4-9(12)13;2*7-1-2(8)3(9)4(10)5(11)6(12)13;7-5-1-2-6(8)4-3-5;/h1-5,10-11H,(H,12,13);2*2-5,7-11H,1H2,(H,12,13);1-4,7-8H;/q;;;;+2/p-2/b4-2+;;;;/t;2*2-,3-,4+,5-;;/m.11../s1. The number of aliphatic hydroxyl groups is 10. The van der Waals surface area contributed by atoms with Crippen LogP contribution in [0.15, 0.2) is 48.5 Å². The molecule has 0 aromatic heterocycles. The molecule has 20 nitrogen and oxygen atoms in total. The molecule has 2 aromatic carbocycles. The first-order valence-corrected chi connectivity index (χ1v) is 12.7. The van der Waals surface area contributed by atoms with Gasteiger partial charge < -0.3 is 96.4 Å². The minimum atomic E-state index is -2.31. The van der Waals surface area contributed by atoms with Crippen LogP contribution in [0.5, 0.6) is 23.0 Å². The smallest absolute Gasteiger partial charge is 0.547 e. The van der Waals surface area contributed by atoms with E-state index in [4.69, 9.17) is 76.6 Å². The Labute approximate surface area is 281 Å². The van der Waals surface area contributed by atoms with E-state index in [0.29, 0.717) is 5.56 Å². The van der Waals surface area contributed by atoms with E-state index in [2.05, 4.69) is 0 Å². The maximum absolute atomic E-state index is 10.1. The van der Waals surface area contributed by atoms with Gasteiger partial charge in [0.05, 0.1) is 25.2 Å². The predicted molar refractivity (Wildman–Crippen MR) is 148 cm³/mol. The number of carboxylic acid groups (broad SMARTS) is 3. The SMILES string of the molecule is O=C(O)/C=C/c1ccc(O)c(O)c1.O=C([O-])[C@H](O)[C@@H](O)[C@H](O)[C@H](O)CO.O=C([O-])[C@H](O)[C@@H](O)[C@H](O)[C@H](O)CO.Oc1ccc(O)cc1.[Cu+2]. The zero-order valence-electron chi connectivity index (χ0n) is 24.3. The van der Waals surface area contributed by atoms with Crippen LogP contribution >= 0.6 is 0 Å². The molecule has 2 rings (SSSR count). The summed E-state index contributed by atoms with van der Waals surface area (Å²) >= 11 is 0. The summed E-state index contributed by atoms with van der Waals surface area (Å²) in [6.07, 6.45) is -13.9. The average Bonchev–Trinajstić information content (AvgIpc) is 3.04. The number of aromatic hydroxyl groups is 4. The first kappa shape index (κ1) is 48.3. The molecule has 0 spiro atoms. The van der Waals surface area contributed by atoms with E-state index in [-0.39, 0.29) is 40.1 Å². The van der Waals surface area contributed by atoms with E-state index in [1.54, 1.807) is 0 Å². The summed E-state index contributed by atoms with van der Waals surface area (Å²) in [6.45, 7) is -1.73. The molecule has 0 saturated carbocycles. The van der Waals surface area contributed by atoms with E-state index in [0.717, 1.165) is 6.08 Å². The van der Waals surface area contributed by atoms with Gasteiger partial charge >= 0.3 is 23.0 Å². The summed E-state index contributed by atoms with van der Waals surface area (Å²) in [6, 6.07) is 9.76. The van der Waals surface area contributed by atoms with Crippen LogP contribution in [0.25, 0.3) is 6.08 Å². The molecule has 21 heteroatoms. The van der Waals surface area contributed by atoms with Crippen molar-refractivity contribution in [1.29, 1.82) is 0 Å². The predicted octanol–water partition coefficient (Wildman–Crippen LogP) is -7.36. The molecular formula is C27H36CuO20. The normalized spacial score (nSPS) is 15.4. The van der Waals surface area contributed by atoms with Gasteiger partial charge in [-0.3, -0.25) is 0 Å². The Morgan fingerprint density at radius 2 is 0.958 bits per heavy atom. The van der Waals surface area contributed by atoms with Crippen LogP contribution in [0, 0.1) is 0 Å². The largest absolute Gasteiger partial charge is 2.00 e. The van der Waals surface area contributed by atoms with Crippen LogP contribution in [-0.4, -0.2) is 157 Å². The second kappa shape index (κ2) is 25.0. The molecule has 0 aliphatic carbocycles. The number of aliphatic hydroxyl groups excluding tert-OH is 10. The van der Waals surface area contributed by atoms with Crippen molar-refractivity contribution in [2.75, 3.05) is 13.2 Å². The molecule has 0 saturated heterocycles. The molecule has 0 aliphatic rings. The third-order valence-electron chi connectivity index (χ3n) is 5.26. The monoisotopic (exact) mass is 743 g/mol. The second-order valence-corrected chi connectivity index (χ2v) is 8.93. The van der Waals surface area contributed by atoms with Gasteiger partial charge in [-0.1, -0.05) is 6.07 Å². The Morgan fingerprint density at radius 3 is 1.23 bits per heavy atom. The van der Waals surface area contributed by atoms with Gasteiger partial charge in [-0.05, 0) is 48.0 Å². The van der Waals surface area contributed by atoms with Gasteiger partial charge in [0.25, 0.3) is 0 Å². The van der Waals surface area contributed by atoms with Gasteiger partial charge in [-0.25, -0.2) is 4.79 Å². The van der Waals surface area contributed by atoms with Gasteiger partial charge in [0.1, 0.15) is 60.3 Å². The van der Waals surface area contributed by atoms with Crippen molar-refractivity contribution in [1.82, 2.24) is 0 Å². The molecule has 0 fully saturated rings. The van der Waals surface area contributed by atoms with Crippen molar-refractivity contribution in [2.45, 2.75) is 48.8 Å². The van der Waals surface area contributed by atoms with Gasteiger partial charge in [-0.15, -0.1) is 0 Å². The summed E-state index contributed by atoms with van der Waals surface area (Å²) in [5, 5.41) is 150. The minimum absolute atomic E-state index is 0. The van der Waals surface area contributed by atoms with Crippen LogP contribution in [0.3, 0.4) is 0 Å². The van der Waals surface area contributed by atoms with E-state index >= 15 is 0 Å². The molecule has 0 aliphatic heterocycles. The Bertz CT molecular complexity index is 1180. The Morgan fingerprint density at radius 1 is 0.604 bits per heavy atom. The molecule has 0 bridgehead atoms. The van der Waals surface area contributed by atoms with E-state index < -0.39 is 80.0 Å². The van der Waals surface area contributed by atoms with Crippen molar-refractivity contribution in [2.24, 2.45) is 0 Å². The van der Waals surface area contributed by atoms with Crippen molar-refractivity contribution < 1.29 is 118 Å². The van der Waals surface area contributed by atoms with Crippen LogP contribution < -0.4 is 10.2 Å². The summed E-state index contributed by atoms with van der Waals surface area (Å²) in [5.41, 5.74) is 0.512. The van der Waals surface area contributed by atoms with Crippen molar-refractivity contribution in [3.63, 3.8) is 0 Å². The fourth-order valence-corrected chi connectivity index (χ4v) is 2.59. The summed E-state index contributed by atoms with van der Waals surface area (Å²) in [7, 11) is 0. The van der Waals surface area contributed by atoms with Crippen molar-refractivity contribution >= 4 is 24.0 Å². The average molecular weight is 744 g/mol. The number of phenols is 4. The first-order chi connectivity index (χ1) is 21.7. The number of hydrogen-bond acceptors (Lipinski definition) is 19. The number of carbonyl (C=O) groups excluding carboxylic acids is 2. The molecular weight excluding hydrogens is 708 g/mol. The molecule has 275 valence electrons. The zero-order chi connectivity index (χ0) is 37.0. The van der Waals surface area contributed by atoms with Gasteiger partial charge in [0, 0.05) is 6.08 Å². The molecule has 8 atom stereocenters. The molecule has 2 aromatic rings. The number of hydrogen-bond donors (Lipinski definition) is 15. The van der Waals surface area contributed by atoms with Crippen LogP contribution in [0.2, 0.25) is 0 Å². The minimum Gasteiger partial charge on any atom is -0.547 e. The number of rotatable bonds is 12.